The second-order valence-corrected chi connectivity index (χ2v) is 7.39. The Hall–Kier alpha value is -0.240. The van der Waals surface area contributed by atoms with E-state index in [1.165, 1.54) is 24.8 Å². The van der Waals surface area contributed by atoms with E-state index in [0.717, 1.165) is 29.8 Å². The average molecular weight is 328 g/mol. The van der Waals surface area contributed by atoms with Crippen molar-refractivity contribution in [3.8, 4) is 0 Å². The molecule has 2 rings (SSSR count). The molecule has 21 heavy (non-hydrogen) atoms. The van der Waals surface area contributed by atoms with Gasteiger partial charge in [0.15, 0.2) is 0 Å². The predicted octanol–water partition coefficient (Wildman–Crippen LogP) is 6.11. The minimum absolute atomic E-state index is 0.325. The quantitative estimate of drug-likeness (QED) is 0.688. The molecule has 1 nitrogen and oxygen atoms in total. The minimum Gasteiger partial charge on any atom is -0.310 e. The Morgan fingerprint density at radius 2 is 1.95 bits per heavy atom. The third kappa shape index (κ3) is 4.15. The van der Waals surface area contributed by atoms with Crippen LogP contribution in [0.5, 0.6) is 0 Å². The van der Waals surface area contributed by atoms with Crippen LogP contribution in [-0.4, -0.2) is 6.54 Å². The Bertz CT molecular complexity index is 461. The van der Waals surface area contributed by atoms with Crippen LogP contribution in [0, 0.1) is 17.8 Å². The zero-order valence-electron chi connectivity index (χ0n) is 13.3. The van der Waals surface area contributed by atoms with Crippen molar-refractivity contribution in [2.24, 2.45) is 17.8 Å². The molecule has 0 bridgehead atoms. The van der Waals surface area contributed by atoms with Crippen molar-refractivity contribution in [2.75, 3.05) is 6.54 Å². The molecule has 1 N–H and O–H groups in total. The third-order valence-electron chi connectivity index (χ3n) is 5.04. The molecule has 1 aromatic rings. The molecule has 4 unspecified atom stereocenters. The van der Waals surface area contributed by atoms with E-state index < -0.39 is 0 Å². The van der Waals surface area contributed by atoms with Crippen molar-refractivity contribution in [3.05, 3.63) is 33.8 Å². The van der Waals surface area contributed by atoms with E-state index in [0.29, 0.717) is 17.0 Å². The summed E-state index contributed by atoms with van der Waals surface area (Å²) in [6.07, 6.45) is 4.99. The molecule has 118 valence electrons. The number of hydrogen-bond acceptors (Lipinski definition) is 1. The molecule has 0 aliphatic heterocycles. The van der Waals surface area contributed by atoms with Gasteiger partial charge in [-0.25, -0.2) is 0 Å². The van der Waals surface area contributed by atoms with Gasteiger partial charge in [-0.05, 0) is 55.2 Å². The predicted molar refractivity (Wildman–Crippen MR) is 93.2 cm³/mol. The molecule has 1 aliphatic rings. The summed E-state index contributed by atoms with van der Waals surface area (Å²) in [5.41, 5.74) is 1.17. The molecule has 0 amide bonds. The third-order valence-corrected chi connectivity index (χ3v) is 5.87. The molecule has 1 aliphatic carbocycles. The van der Waals surface area contributed by atoms with E-state index in [-0.39, 0.29) is 0 Å². The number of halogens is 2. The molecule has 0 saturated heterocycles. The van der Waals surface area contributed by atoms with Crippen LogP contribution in [0.1, 0.15) is 58.1 Å². The Kier molecular flexibility index (Phi) is 6.40. The highest BCUT2D eigenvalue weighted by molar-refractivity contribution is 6.42. The van der Waals surface area contributed by atoms with Gasteiger partial charge in [-0.3, -0.25) is 0 Å². The zero-order chi connectivity index (χ0) is 15.4. The molecular formula is C18H27Cl2N. The highest BCUT2D eigenvalue weighted by Crippen LogP contribution is 2.42. The number of hydrogen-bond donors (Lipinski definition) is 1. The summed E-state index contributed by atoms with van der Waals surface area (Å²) >= 11 is 12.7. The van der Waals surface area contributed by atoms with Crippen LogP contribution >= 0.6 is 23.2 Å². The average Bonchev–Trinajstić information content (AvgIpc) is 2.47. The van der Waals surface area contributed by atoms with Crippen molar-refractivity contribution in [1.82, 2.24) is 5.32 Å². The number of benzene rings is 1. The van der Waals surface area contributed by atoms with Gasteiger partial charge in [0, 0.05) is 6.04 Å². The van der Waals surface area contributed by atoms with Crippen LogP contribution in [-0.2, 0) is 0 Å². The maximum absolute atomic E-state index is 6.48. The lowest BCUT2D eigenvalue weighted by Crippen LogP contribution is -2.34. The van der Waals surface area contributed by atoms with Crippen molar-refractivity contribution >= 4 is 23.2 Å². The van der Waals surface area contributed by atoms with Gasteiger partial charge in [0.05, 0.1) is 10.0 Å². The summed E-state index contributed by atoms with van der Waals surface area (Å²) < 4.78 is 0. The van der Waals surface area contributed by atoms with Gasteiger partial charge in [0.25, 0.3) is 0 Å². The van der Waals surface area contributed by atoms with Crippen molar-refractivity contribution < 1.29 is 0 Å². The van der Waals surface area contributed by atoms with Crippen molar-refractivity contribution in [1.29, 1.82) is 0 Å². The first-order valence-electron chi connectivity index (χ1n) is 8.21. The fourth-order valence-electron chi connectivity index (χ4n) is 3.48. The first-order chi connectivity index (χ1) is 10.0. The largest absolute Gasteiger partial charge is 0.310 e. The Balaban J connectivity index is 2.23. The lowest BCUT2D eigenvalue weighted by Gasteiger charge is -2.37. The number of nitrogens with one attached hydrogen (secondary N) is 1. The molecule has 0 radical (unpaired) electrons. The summed E-state index contributed by atoms with van der Waals surface area (Å²) in [6.45, 7) is 7.98. The standard InChI is InChI=1S/C18H27Cl2N/c1-4-10-21-18(14-9-8-12(2)13(3)11-14)15-6-5-7-16(19)17(15)20/h5-7,12-14,18,21H,4,8-11H2,1-3H3. The van der Waals surface area contributed by atoms with Gasteiger partial charge in [-0.1, -0.05) is 62.5 Å². The van der Waals surface area contributed by atoms with Crippen molar-refractivity contribution in [2.45, 2.75) is 52.5 Å². The molecule has 1 fully saturated rings. The van der Waals surface area contributed by atoms with E-state index in [9.17, 15) is 0 Å². The summed E-state index contributed by atoms with van der Waals surface area (Å²) in [6, 6.07) is 6.34. The molecule has 0 aromatic heterocycles. The smallest absolute Gasteiger partial charge is 0.0640 e. The highest BCUT2D eigenvalue weighted by Gasteiger charge is 2.31. The maximum atomic E-state index is 6.48. The number of rotatable bonds is 5. The van der Waals surface area contributed by atoms with Gasteiger partial charge in [-0.2, -0.15) is 0 Å². The first-order valence-corrected chi connectivity index (χ1v) is 8.97. The van der Waals surface area contributed by atoms with Crippen LogP contribution < -0.4 is 5.32 Å². The molecular weight excluding hydrogens is 301 g/mol. The van der Waals surface area contributed by atoms with Gasteiger partial charge in [0.1, 0.15) is 0 Å². The minimum atomic E-state index is 0.325. The van der Waals surface area contributed by atoms with Gasteiger partial charge >= 0.3 is 0 Å². The maximum Gasteiger partial charge on any atom is 0.0640 e. The molecule has 1 saturated carbocycles. The highest BCUT2D eigenvalue weighted by atomic mass is 35.5. The van der Waals surface area contributed by atoms with Crippen molar-refractivity contribution in [3.63, 3.8) is 0 Å². The fraction of sp³-hybridized carbons (Fsp3) is 0.667. The Morgan fingerprint density at radius 3 is 2.62 bits per heavy atom. The van der Waals surface area contributed by atoms with Gasteiger partial charge in [0.2, 0.25) is 0 Å². The van der Waals surface area contributed by atoms with E-state index in [2.05, 4.69) is 32.2 Å². The van der Waals surface area contributed by atoms with Crippen LogP contribution in [0.4, 0.5) is 0 Å². The van der Waals surface area contributed by atoms with Crippen LogP contribution in [0.15, 0.2) is 18.2 Å². The van der Waals surface area contributed by atoms with Crippen LogP contribution in [0.2, 0.25) is 10.0 Å². The lowest BCUT2D eigenvalue weighted by atomic mass is 9.72. The molecule has 0 heterocycles. The van der Waals surface area contributed by atoms with E-state index >= 15 is 0 Å². The second-order valence-electron chi connectivity index (χ2n) is 6.60. The Labute approximate surface area is 139 Å². The van der Waals surface area contributed by atoms with Gasteiger partial charge < -0.3 is 5.32 Å². The van der Waals surface area contributed by atoms with E-state index in [1.54, 1.807) is 0 Å². The van der Waals surface area contributed by atoms with Crippen LogP contribution in [0.25, 0.3) is 0 Å². The topological polar surface area (TPSA) is 12.0 Å². The fourth-order valence-corrected chi connectivity index (χ4v) is 3.91. The second kappa shape index (κ2) is 7.85. The normalized spacial score (nSPS) is 27.6. The molecule has 4 atom stereocenters. The van der Waals surface area contributed by atoms with E-state index in [1.807, 2.05) is 12.1 Å². The first kappa shape index (κ1) is 17.1. The van der Waals surface area contributed by atoms with Gasteiger partial charge in [-0.15, -0.1) is 0 Å². The summed E-state index contributed by atoms with van der Waals surface area (Å²) in [4.78, 5) is 0. The summed E-state index contributed by atoms with van der Waals surface area (Å²) in [7, 11) is 0. The monoisotopic (exact) mass is 327 g/mol. The Morgan fingerprint density at radius 1 is 1.19 bits per heavy atom. The summed E-state index contributed by atoms with van der Waals surface area (Å²) in [5, 5.41) is 5.10. The van der Waals surface area contributed by atoms with E-state index in [4.69, 9.17) is 23.2 Å². The molecule has 1 aromatic carbocycles. The van der Waals surface area contributed by atoms with Crippen LogP contribution in [0.3, 0.4) is 0 Å². The molecule has 0 spiro atoms. The summed E-state index contributed by atoms with van der Waals surface area (Å²) in [5.74, 6) is 2.27. The molecule has 3 heteroatoms. The lowest BCUT2D eigenvalue weighted by molar-refractivity contribution is 0.171. The SMILES string of the molecule is CCCNC(c1cccc(Cl)c1Cl)C1CCC(C)C(C)C1. The zero-order valence-corrected chi connectivity index (χ0v) is 14.8.